The third kappa shape index (κ3) is 4.66. The van der Waals surface area contributed by atoms with Gasteiger partial charge < -0.3 is 15.3 Å². The molecule has 2 aromatic heterocycles. The van der Waals surface area contributed by atoms with E-state index in [0.29, 0.717) is 23.2 Å². The third-order valence-corrected chi connectivity index (χ3v) is 5.85. The van der Waals surface area contributed by atoms with Crippen LogP contribution >= 0.6 is 0 Å². The zero-order chi connectivity index (χ0) is 22.2. The van der Waals surface area contributed by atoms with Gasteiger partial charge in [0, 0.05) is 47.7 Å². The highest BCUT2D eigenvalue weighted by Crippen LogP contribution is 2.34. The summed E-state index contributed by atoms with van der Waals surface area (Å²) >= 11 is 0. The molecule has 3 aromatic rings. The van der Waals surface area contributed by atoms with E-state index in [0.717, 1.165) is 24.0 Å². The van der Waals surface area contributed by atoms with Crippen molar-refractivity contribution in [2.75, 3.05) is 11.9 Å². The molecule has 0 spiro atoms. The second kappa shape index (κ2) is 7.89. The van der Waals surface area contributed by atoms with Crippen molar-refractivity contribution in [3.8, 4) is 28.1 Å². The molecule has 0 bridgehead atoms. The summed E-state index contributed by atoms with van der Waals surface area (Å²) in [6.45, 7) is 8.92. The summed E-state index contributed by atoms with van der Waals surface area (Å²) in [6, 6.07) is 9.63. The SMILES string of the molecule is CN(c1ncc(-c2ccc(-c3cccnc3)cc2O)nn1)C1CC(C)(C)NC(C)(C)C1. The molecule has 162 valence electrons. The summed E-state index contributed by atoms with van der Waals surface area (Å²) in [5.41, 5.74) is 3.05. The molecule has 0 atom stereocenters. The summed E-state index contributed by atoms with van der Waals surface area (Å²) in [5.74, 6) is 0.731. The maximum atomic E-state index is 10.6. The minimum atomic E-state index is 0.0376. The molecule has 0 aliphatic carbocycles. The third-order valence-electron chi connectivity index (χ3n) is 5.85. The van der Waals surface area contributed by atoms with Crippen LogP contribution in [0.4, 0.5) is 5.95 Å². The molecule has 1 saturated heterocycles. The van der Waals surface area contributed by atoms with Crippen LogP contribution in [-0.4, -0.2) is 49.4 Å². The number of pyridine rings is 1. The van der Waals surface area contributed by atoms with Crippen molar-refractivity contribution < 1.29 is 5.11 Å². The van der Waals surface area contributed by atoms with Crippen LogP contribution in [0.3, 0.4) is 0 Å². The van der Waals surface area contributed by atoms with E-state index in [-0.39, 0.29) is 16.8 Å². The standard InChI is InChI=1S/C24H30N6O/c1-23(2)12-18(13-24(3,4)29-23)30(5)22-26-15-20(27-28-22)19-9-8-16(11-21(19)31)17-7-6-10-25-14-17/h6-11,14-15,18,29,31H,12-13H2,1-5H3. The van der Waals surface area contributed by atoms with Gasteiger partial charge in [0.1, 0.15) is 11.4 Å². The molecular weight excluding hydrogens is 388 g/mol. The number of aromatic nitrogens is 4. The summed E-state index contributed by atoms with van der Waals surface area (Å²) in [6.07, 6.45) is 7.16. The van der Waals surface area contributed by atoms with E-state index in [9.17, 15) is 5.11 Å². The van der Waals surface area contributed by atoms with Crippen LogP contribution in [0.15, 0.2) is 48.9 Å². The van der Waals surface area contributed by atoms with E-state index in [1.807, 2.05) is 31.3 Å². The molecule has 0 radical (unpaired) electrons. The molecule has 7 nitrogen and oxygen atoms in total. The quantitative estimate of drug-likeness (QED) is 0.661. The number of rotatable bonds is 4. The second-order valence-electron chi connectivity index (χ2n) is 9.68. The van der Waals surface area contributed by atoms with E-state index < -0.39 is 0 Å². The molecule has 0 unspecified atom stereocenters. The van der Waals surface area contributed by atoms with Crippen LogP contribution in [0, 0.1) is 0 Å². The van der Waals surface area contributed by atoms with Crippen LogP contribution in [0.25, 0.3) is 22.4 Å². The van der Waals surface area contributed by atoms with Gasteiger partial charge in [-0.15, -0.1) is 10.2 Å². The molecule has 2 N–H and O–H groups in total. The minimum Gasteiger partial charge on any atom is -0.507 e. The molecule has 1 aromatic carbocycles. The molecule has 3 heterocycles. The van der Waals surface area contributed by atoms with Gasteiger partial charge in [0.2, 0.25) is 5.95 Å². The lowest BCUT2D eigenvalue weighted by Crippen LogP contribution is -2.62. The lowest BCUT2D eigenvalue weighted by atomic mass is 9.79. The van der Waals surface area contributed by atoms with Crippen LogP contribution in [0.2, 0.25) is 0 Å². The van der Waals surface area contributed by atoms with Crippen molar-refractivity contribution in [1.29, 1.82) is 0 Å². The van der Waals surface area contributed by atoms with Crippen molar-refractivity contribution in [2.24, 2.45) is 0 Å². The topological polar surface area (TPSA) is 87.1 Å². The lowest BCUT2D eigenvalue weighted by molar-refractivity contribution is 0.160. The van der Waals surface area contributed by atoms with E-state index >= 15 is 0 Å². The maximum Gasteiger partial charge on any atom is 0.245 e. The molecule has 0 amide bonds. The van der Waals surface area contributed by atoms with Crippen molar-refractivity contribution in [1.82, 2.24) is 25.5 Å². The largest absolute Gasteiger partial charge is 0.507 e. The number of hydrogen-bond donors (Lipinski definition) is 2. The predicted molar refractivity (Wildman–Crippen MR) is 123 cm³/mol. The number of benzene rings is 1. The van der Waals surface area contributed by atoms with Gasteiger partial charge in [0.25, 0.3) is 0 Å². The van der Waals surface area contributed by atoms with E-state index in [2.05, 4.69) is 58.1 Å². The van der Waals surface area contributed by atoms with E-state index in [4.69, 9.17) is 0 Å². The fourth-order valence-corrected chi connectivity index (χ4v) is 4.72. The Labute approximate surface area is 183 Å². The fraction of sp³-hybridized carbons (Fsp3) is 0.417. The van der Waals surface area contributed by atoms with Crippen LogP contribution in [-0.2, 0) is 0 Å². The smallest absolute Gasteiger partial charge is 0.245 e. The Morgan fingerprint density at radius 2 is 1.74 bits per heavy atom. The average Bonchev–Trinajstić information content (AvgIpc) is 2.72. The summed E-state index contributed by atoms with van der Waals surface area (Å²) in [4.78, 5) is 10.8. The zero-order valence-corrected chi connectivity index (χ0v) is 18.8. The van der Waals surface area contributed by atoms with Gasteiger partial charge in [0.05, 0.1) is 6.20 Å². The van der Waals surface area contributed by atoms with Gasteiger partial charge in [-0.3, -0.25) is 4.98 Å². The number of phenols is 1. The Morgan fingerprint density at radius 1 is 1.00 bits per heavy atom. The zero-order valence-electron chi connectivity index (χ0n) is 18.8. The highest BCUT2D eigenvalue weighted by molar-refractivity contribution is 5.73. The molecular formula is C24H30N6O. The van der Waals surface area contributed by atoms with Crippen molar-refractivity contribution in [3.63, 3.8) is 0 Å². The van der Waals surface area contributed by atoms with Gasteiger partial charge in [0.15, 0.2) is 0 Å². The Morgan fingerprint density at radius 3 is 2.32 bits per heavy atom. The predicted octanol–water partition coefficient (Wildman–Crippen LogP) is 4.05. The Hall–Kier alpha value is -3.06. The molecule has 0 saturated carbocycles. The number of piperidine rings is 1. The highest BCUT2D eigenvalue weighted by Gasteiger charge is 2.39. The fourth-order valence-electron chi connectivity index (χ4n) is 4.72. The Balaban J connectivity index is 1.54. The minimum absolute atomic E-state index is 0.0376. The second-order valence-corrected chi connectivity index (χ2v) is 9.68. The Bertz CT molecular complexity index is 1030. The number of nitrogens with zero attached hydrogens (tertiary/aromatic N) is 5. The summed E-state index contributed by atoms with van der Waals surface area (Å²) in [5, 5.41) is 23.0. The van der Waals surface area contributed by atoms with Gasteiger partial charge in [-0.25, -0.2) is 4.98 Å². The molecule has 31 heavy (non-hydrogen) atoms. The number of hydrogen-bond acceptors (Lipinski definition) is 7. The first-order chi connectivity index (χ1) is 14.6. The van der Waals surface area contributed by atoms with Crippen LogP contribution in [0.5, 0.6) is 5.75 Å². The average molecular weight is 419 g/mol. The van der Waals surface area contributed by atoms with Crippen LogP contribution in [0.1, 0.15) is 40.5 Å². The molecule has 4 rings (SSSR count). The first kappa shape index (κ1) is 21.2. The van der Waals surface area contributed by atoms with Gasteiger partial charge >= 0.3 is 0 Å². The van der Waals surface area contributed by atoms with E-state index in [1.54, 1.807) is 24.7 Å². The normalized spacial score (nSPS) is 18.0. The summed E-state index contributed by atoms with van der Waals surface area (Å²) in [7, 11) is 2.03. The number of phenolic OH excluding ortho intramolecular Hbond substituents is 1. The van der Waals surface area contributed by atoms with Crippen molar-refractivity contribution in [2.45, 2.75) is 57.7 Å². The van der Waals surface area contributed by atoms with Crippen molar-refractivity contribution >= 4 is 5.95 Å². The monoisotopic (exact) mass is 418 g/mol. The molecule has 1 aliphatic heterocycles. The number of nitrogens with one attached hydrogen (secondary N) is 1. The Kier molecular flexibility index (Phi) is 5.39. The van der Waals surface area contributed by atoms with E-state index in [1.165, 1.54) is 0 Å². The first-order valence-electron chi connectivity index (χ1n) is 10.6. The molecule has 7 heteroatoms. The van der Waals surface area contributed by atoms with Crippen molar-refractivity contribution in [3.05, 3.63) is 48.9 Å². The molecule has 1 aliphatic rings. The first-order valence-corrected chi connectivity index (χ1v) is 10.6. The molecule has 1 fully saturated rings. The van der Waals surface area contributed by atoms with Crippen LogP contribution < -0.4 is 10.2 Å². The maximum absolute atomic E-state index is 10.6. The van der Waals surface area contributed by atoms with Gasteiger partial charge in [-0.1, -0.05) is 12.1 Å². The van der Waals surface area contributed by atoms with Gasteiger partial charge in [-0.2, -0.15) is 0 Å². The highest BCUT2D eigenvalue weighted by atomic mass is 16.3. The lowest BCUT2D eigenvalue weighted by Gasteiger charge is -2.48. The van der Waals surface area contributed by atoms with Gasteiger partial charge in [-0.05, 0) is 64.3 Å². The number of aromatic hydroxyl groups is 1. The number of anilines is 1. The summed E-state index contributed by atoms with van der Waals surface area (Å²) < 4.78 is 0.